The highest BCUT2D eigenvalue weighted by molar-refractivity contribution is 6.37. The first-order valence-electron chi connectivity index (χ1n) is 5.18. The standard InChI is InChI=1S/C8H8Cl2N2O.C4H6O2/c1-4(13)12-8-3-5(9)7(11)2-6(8)10;1-3(5)4(2)6/h2-3H,11H2,1H3,(H,12,13);1-2H3. The van der Waals surface area contributed by atoms with Gasteiger partial charge in [0.2, 0.25) is 5.91 Å². The molecule has 0 unspecified atom stereocenters. The van der Waals surface area contributed by atoms with Crippen molar-refractivity contribution in [3.63, 3.8) is 0 Å². The van der Waals surface area contributed by atoms with Crippen LogP contribution in [0.4, 0.5) is 11.4 Å². The maximum atomic E-state index is 10.7. The number of ketones is 2. The van der Waals surface area contributed by atoms with Crippen molar-refractivity contribution in [1.82, 2.24) is 0 Å². The minimum atomic E-state index is -0.380. The van der Waals surface area contributed by atoms with Crippen LogP contribution in [-0.2, 0) is 14.4 Å². The van der Waals surface area contributed by atoms with Crippen LogP contribution in [0.25, 0.3) is 0 Å². The maximum absolute atomic E-state index is 10.7. The van der Waals surface area contributed by atoms with Gasteiger partial charge in [0.25, 0.3) is 0 Å². The molecule has 0 heterocycles. The van der Waals surface area contributed by atoms with Crippen molar-refractivity contribution in [2.24, 2.45) is 0 Å². The fourth-order valence-corrected chi connectivity index (χ4v) is 1.23. The first kappa shape index (κ1) is 17.4. The summed E-state index contributed by atoms with van der Waals surface area (Å²) in [5, 5.41) is 3.27. The highest BCUT2D eigenvalue weighted by Gasteiger charge is 2.05. The number of carbonyl (C=O) groups is 3. The van der Waals surface area contributed by atoms with Gasteiger partial charge in [-0.2, -0.15) is 0 Å². The molecule has 7 heteroatoms. The fourth-order valence-electron chi connectivity index (χ4n) is 0.848. The maximum Gasteiger partial charge on any atom is 0.221 e. The monoisotopic (exact) mass is 304 g/mol. The van der Waals surface area contributed by atoms with Crippen molar-refractivity contribution in [2.45, 2.75) is 20.8 Å². The predicted octanol–water partition coefficient (Wildman–Crippen LogP) is 2.70. The molecule has 0 fully saturated rings. The summed E-state index contributed by atoms with van der Waals surface area (Å²) in [5.41, 5.74) is 6.35. The highest BCUT2D eigenvalue weighted by Crippen LogP contribution is 2.30. The van der Waals surface area contributed by atoms with Crippen molar-refractivity contribution in [3.8, 4) is 0 Å². The number of hydrogen-bond donors (Lipinski definition) is 2. The molecule has 0 atom stereocenters. The zero-order valence-corrected chi connectivity index (χ0v) is 12.2. The highest BCUT2D eigenvalue weighted by atomic mass is 35.5. The molecule has 19 heavy (non-hydrogen) atoms. The Hall–Kier alpha value is -1.59. The SMILES string of the molecule is CC(=O)C(C)=O.CC(=O)Nc1cc(Cl)c(N)cc1Cl. The predicted molar refractivity (Wildman–Crippen MR) is 76.5 cm³/mol. The van der Waals surface area contributed by atoms with Gasteiger partial charge in [-0.1, -0.05) is 23.2 Å². The molecule has 1 amide bonds. The fraction of sp³-hybridized carbons (Fsp3) is 0.250. The normalized spacial score (nSPS) is 9.11. The second kappa shape index (κ2) is 7.76. The van der Waals surface area contributed by atoms with Gasteiger partial charge in [-0.05, 0) is 12.1 Å². The Morgan fingerprint density at radius 2 is 1.47 bits per heavy atom. The Morgan fingerprint density at radius 1 is 1.00 bits per heavy atom. The molecule has 104 valence electrons. The van der Waals surface area contributed by atoms with Crippen LogP contribution < -0.4 is 11.1 Å². The molecule has 0 saturated carbocycles. The lowest BCUT2D eigenvalue weighted by Gasteiger charge is -2.06. The van der Waals surface area contributed by atoms with Crippen LogP contribution in [-0.4, -0.2) is 17.5 Å². The number of Topliss-reactive ketones (excluding diaryl/α,β-unsaturated/α-hetero) is 2. The van der Waals surface area contributed by atoms with E-state index in [1.54, 1.807) is 0 Å². The van der Waals surface area contributed by atoms with E-state index >= 15 is 0 Å². The lowest BCUT2D eigenvalue weighted by Crippen LogP contribution is -2.06. The molecule has 3 N–H and O–H groups in total. The van der Waals surface area contributed by atoms with E-state index in [1.807, 2.05) is 0 Å². The third-order valence-corrected chi connectivity index (χ3v) is 2.53. The lowest BCUT2D eigenvalue weighted by atomic mass is 10.3. The minimum absolute atomic E-state index is 0.206. The molecule has 0 aliphatic rings. The van der Waals surface area contributed by atoms with E-state index in [-0.39, 0.29) is 17.5 Å². The van der Waals surface area contributed by atoms with E-state index in [0.717, 1.165) is 0 Å². The number of nitrogen functional groups attached to an aromatic ring is 1. The Morgan fingerprint density at radius 3 is 1.84 bits per heavy atom. The number of halogens is 2. The van der Waals surface area contributed by atoms with Crippen molar-refractivity contribution in [2.75, 3.05) is 11.1 Å². The van der Waals surface area contributed by atoms with E-state index in [1.165, 1.54) is 32.9 Å². The van der Waals surface area contributed by atoms with Crippen molar-refractivity contribution in [3.05, 3.63) is 22.2 Å². The van der Waals surface area contributed by atoms with Gasteiger partial charge in [0, 0.05) is 20.8 Å². The molecule has 1 rings (SSSR count). The zero-order chi connectivity index (χ0) is 15.2. The van der Waals surface area contributed by atoms with Crippen LogP contribution in [0.5, 0.6) is 0 Å². The molecule has 0 radical (unpaired) electrons. The van der Waals surface area contributed by atoms with Crippen LogP contribution in [0.2, 0.25) is 10.0 Å². The number of nitrogens with two attached hydrogens (primary N) is 1. The Kier molecular flexibility index (Phi) is 7.11. The van der Waals surface area contributed by atoms with Crippen LogP contribution in [0.1, 0.15) is 20.8 Å². The average Bonchev–Trinajstić information content (AvgIpc) is 2.26. The molecule has 0 spiro atoms. The second-order valence-corrected chi connectivity index (χ2v) is 4.46. The van der Waals surface area contributed by atoms with E-state index in [2.05, 4.69) is 5.32 Å². The summed E-state index contributed by atoms with van der Waals surface area (Å²) in [6, 6.07) is 3.01. The molecule has 0 aliphatic heterocycles. The number of rotatable bonds is 2. The Balaban J connectivity index is 0.000000459. The van der Waals surface area contributed by atoms with E-state index < -0.39 is 0 Å². The van der Waals surface area contributed by atoms with Crippen molar-refractivity contribution in [1.29, 1.82) is 0 Å². The number of carbonyl (C=O) groups excluding carboxylic acids is 3. The lowest BCUT2D eigenvalue weighted by molar-refractivity contribution is -0.134. The van der Waals surface area contributed by atoms with E-state index in [9.17, 15) is 14.4 Å². The first-order valence-corrected chi connectivity index (χ1v) is 5.94. The van der Waals surface area contributed by atoms with Crippen LogP contribution in [0.3, 0.4) is 0 Å². The van der Waals surface area contributed by atoms with Crippen LogP contribution in [0, 0.1) is 0 Å². The van der Waals surface area contributed by atoms with Crippen LogP contribution in [0.15, 0.2) is 12.1 Å². The van der Waals surface area contributed by atoms with Gasteiger partial charge in [-0.3, -0.25) is 14.4 Å². The first-order chi connectivity index (χ1) is 8.65. The summed E-state index contributed by atoms with van der Waals surface area (Å²) < 4.78 is 0. The second-order valence-electron chi connectivity index (χ2n) is 3.65. The molecule has 0 aliphatic carbocycles. The molecule has 1 aromatic carbocycles. The van der Waals surface area contributed by atoms with Crippen molar-refractivity contribution >= 4 is 52.1 Å². The average molecular weight is 305 g/mol. The summed E-state index contributed by atoms with van der Waals surface area (Å²) in [6.45, 7) is 3.89. The summed E-state index contributed by atoms with van der Waals surface area (Å²) in [4.78, 5) is 30.3. The van der Waals surface area contributed by atoms with Gasteiger partial charge in [0.1, 0.15) is 0 Å². The quantitative estimate of drug-likeness (QED) is 0.649. The molecule has 5 nitrogen and oxygen atoms in total. The summed E-state index contributed by atoms with van der Waals surface area (Å²) in [7, 11) is 0. The third-order valence-electron chi connectivity index (χ3n) is 1.89. The number of anilines is 2. The Labute approximate surface area is 121 Å². The number of hydrogen-bond acceptors (Lipinski definition) is 4. The smallest absolute Gasteiger partial charge is 0.221 e. The summed E-state index contributed by atoms with van der Waals surface area (Å²) in [5.74, 6) is -0.965. The summed E-state index contributed by atoms with van der Waals surface area (Å²) in [6.07, 6.45) is 0. The topological polar surface area (TPSA) is 89.3 Å². The van der Waals surface area contributed by atoms with Crippen LogP contribution >= 0.6 is 23.2 Å². The zero-order valence-electron chi connectivity index (χ0n) is 10.7. The number of benzene rings is 1. The molecule has 1 aromatic rings. The molecular formula is C12H14Cl2N2O3. The van der Waals surface area contributed by atoms with Crippen molar-refractivity contribution < 1.29 is 14.4 Å². The van der Waals surface area contributed by atoms with Gasteiger partial charge in [0.15, 0.2) is 11.6 Å². The molecular weight excluding hydrogens is 291 g/mol. The van der Waals surface area contributed by atoms with Gasteiger partial charge >= 0.3 is 0 Å². The number of nitrogens with one attached hydrogen (secondary N) is 1. The largest absolute Gasteiger partial charge is 0.397 e. The summed E-state index contributed by atoms with van der Waals surface area (Å²) >= 11 is 11.5. The molecule has 0 bridgehead atoms. The van der Waals surface area contributed by atoms with Gasteiger partial charge in [0.05, 0.1) is 21.4 Å². The van der Waals surface area contributed by atoms with Gasteiger partial charge in [-0.25, -0.2) is 0 Å². The Bertz CT molecular complexity index is 504. The number of amides is 1. The minimum Gasteiger partial charge on any atom is -0.397 e. The van der Waals surface area contributed by atoms with Gasteiger partial charge in [-0.15, -0.1) is 0 Å². The van der Waals surface area contributed by atoms with E-state index in [4.69, 9.17) is 28.9 Å². The molecule has 0 saturated heterocycles. The van der Waals surface area contributed by atoms with E-state index in [0.29, 0.717) is 21.4 Å². The third kappa shape index (κ3) is 6.79. The van der Waals surface area contributed by atoms with Gasteiger partial charge < -0.3 is 11.1 Å². The molecule has 0 aromatic heterocycles.